The number of nitrogens with zero attached hydrogens (tertiary/aromatic N) is 1. The molecule has 0 spiro atoms. The molecule has 3 nitrogen and oxygen atoms in total. The molecule has 2 N–H and O–H groups in total. The highest BCUT2D eigenvalue weighted by atomic mass is 16.3. The average molecular weight is 222 g/mol. The highest BCUT2D eigenvalue weighted by molar-refractivity contribution is 5.24. The van der Waals surface area contributed by atoms with E-state index in [4.69, 9.17) is 0 Å². The zero-order valence-corrected chi connectivity index (χ0v) is 10.8. The molecule has 90 valence electrons. The van der Waals surface area contributed by atoms with Crippen molar-refractivity contribution in [1.82, 2.24) is 10.3 Å². The van der Waals surface area contributed by atoms with Gasteiger partial charge in [-0.2, -0.15) is 0 Å². The fourth-order valence-corrected chi connectivity index (χ4v) is 1.69. The van der Waals surface area contributed by atoms with Gasteiger partial charge in [0.1, 0.15) is 0 Å². The Morgan fingerprint density at radius 1 is 1.38 bits per heavy atom. The fourth-order valence-electron chi connectivity index (χ4n) is 1.69. The first kappa shape index (κ1) is 13.1. The predicted molar refractivity (Wildman–Crippen MR) is 66.3 cm³/mol. The number of aliphatic hydroxyl groups is 1. The molecule has 2 atom stereocenters. The van der Waals surface area contributed by atoms with Gasteiger partial charge in [0, 0.05) is 24.0 Å². The van der Waals surface area contributed by atoms with Crippen LogP contribution in [0.25, 0.3) is 0 Å². The third-order valence-corrected chi connectivity index (χ3v) is 3.18. The standard InChI is InChI=1S/C13H22N2O/c1-9-6-7-14-8-12(9)10(2)15-13(4,5)11(3)16/h6-8,10-11,15-16H,1-5H3. The molecule has 0 bridgehead atoms. The largest absolute Gasteiger partial charge is 0.392 e. The van der Waals surface area contributed by atoms with Gasteiger partial charge < -0.3 is 10.4 Å². The maximum Gasteiger partial charge on any atom is 0.0688 e. The van der Waals surface area contributed by atoms with Crippen LogP contribution in [0.15, 0.2) is 18.5 Å². The molecule has 0 fully saturated rings. The van der Waals surface area contributed by atoms with Crippen molar-refractivity contribution in [3.8, 4) is 0 Å². The van der Waals surface area contributed by atoms with Gasteiger partial charge in [0.2, 0.25) is 0 Å². The van der Waals surface area contributed by atoms with Crippen molar-refractivity contribution in [3.63, 3.8) is 0 Å². The highest BCUT2D eigenvalue weighted by Crippen LogP contribution is 2.20. The smallest absolute Gasteiger partial charge is 0.0688 e. The van der Waals surface area contributed by atoms with E-state index in [1.165, 1.54) is 11.1 Å². The Labute approximate surface area is 97.9 Å². The Hall–Kier alpha value is -0.930. The van der Waals surface area contributed by atoms with E-state index < -0.39 is 6.10 Å². The second kappa shape index (κ2) is 4.93. The summed E-state index contributed by atoms with van der Waals surface area (Å²) in [7, 11) is 0. The Morgan fingerprint density at radius 3 is 2.50 bits per heavy atom. The van der Waals surface area contributed by atoms with Crippen molar-refractivity contribution in [2.45, 2.75) is 52.3 Å². The quantitative estimate of drug-likeness (QED) is 0.821. The van der Waals surface area contributed by atoms with Crippen molar-refractivity contribution in [3.05, 3.63) is 29.6 Å². The van der Waals surface area contributed by atoms with E-state index in [0.717, 1.165) is 0 Å². The van der Waals surface area contributed by atoms with Crippen molar-refractivity contribution in [2.24, 2.45) is 0 Å². The molecule has 0 amide bonds. The number of rotatable bonds is 4. The fraction of sp³-hybridized carbons (Fsp3) is 0.615. The molecule has 0 aliphatic carbocycles. The van der Waals surface area contributed by atoms with E-state index >= 15 is 0 Å². The van der Waals surface area contributed by atoms with Crippen LogP contribution in [0.3, 0.4) is 0 Å². The van der Waals surface area contributed by atoms with E-state index in [9.17, 15) is 5.11 Å². The van der Waals surface area contributed by atoms with Crippen molar-refractivity contribution in [1.29, 1.82) is 0 Å². The molecule has 1 rings (SSSR count). The summed E-state index contributed by atoms with van der Waals surface area (Å²) in [6.07, 6.45) is 3.28. The van der Waals surface area contributed by atoms with Crippen LogP contribution >= 0.6 is 0 Å². The van der Waals surface area contributed by atoms with Crippen molar-refractivity contribution >= 4 is 0 Å². The summed E-state index contributed by atoms with van der Waals surface area (Å²) in [6.45, 7) is 9.97. The minimum absolute atomic E-state index is 0.179. The summed E-state index contributed by atoms with van der Waals surface area (Å²) in [5.41, 5.74) is 2.09. The van der Waals surface area contributed by atoms with Crippen molar-refractivity contribution < 1.29 is 5.11 Å². The molecule has 1 aromatic heterocycles. The van der Waals surface area contributed by atoms with Gasteiger partial charge >= 0.3 is 0 Å². The summed E-state index contributed by atoms with van der Waals surface area (Å²) < 4.78 is 0. The van der Waals surface area contributed by atoms with E-state index in [1.54, 1.807) is 13.1 Å². The van der Waals surface area contributed by atoms with Gasteiger partial charge in [-0.05, 0) is 51.8 Å². The first-order valence-corrected chi connectivity index (χ1v) is 5.71. The summed E-state index contributed by atoms with van der Waals surface area (Å²) in [4.78, 5) is 4.14. The molecule has 2 unspecified atom stereocenters. The second-order valence-corrected chi connectivity index (χ2v) is 5.00. The molecule has 3 heteroatoms. The Morgan fingerprint density at radius 2 is 2.00 bits per heavy atom. The van der Waals surface area contributed by atoms with Crippen LogP contribution < -0.4 is 5.32 Å². The molecule has 0 saturated heterocycles. The lowest BCUT2D eigenvalue weighted by molar-refractivity contribution is 0.0894. The molecular formula is C13H22N2O. The lowest BCUT2D eigenvalue weighted by Crippen LogP contribution is -2.49. The van der Waals surface area contributed by atoms with Crippen LogP contribution in [0.2, 0.25) is 0 Å². The summed E-state index contributed by atoms with van der Waals surface area (Å²) in [5, 5.41) is 13.1. The van der Waals surface area contributed by atoms with Crippen LogP contribution in [-0.2, 0) is 0 Å². The number of hydrogen-bond donors (Lipinski definition) is 2. The topological polar surface area (TPSA) is 45.2 Å². The molecule has 0 aromatic carbocycles. The molecule has 16 heavy (non-hydrogen) atoms. The Balaban J connectivity index is 2.81. The van der Waals surface area contributed by atoms with Gasteiger partial charge in [-0.3, -0.25) is 4.98 Å². The maximum atomic E-state index is 9.67. The number of aromatic nitrogens is 1. The van der Waals surface area contributed by atoms with Crippen LogP contribution in [0.1, 0.15) is 44.9 Å². The van der Waals surface area contributed by atoms with E-state index in [1.807, 2.05) is 26.1 Å². The van der Waals surface area contributed by atoms with E-state index in [2.05, 4.69) is 24.1 Å². The van der Waals surface area contributed by atoms with Crippen LogP contribution in [0.5, 0.6) is 0 Å². The first-order valence-electron chi connectivity index (χ1n) is 5.71. The van der Waals surface area contributed by atoms with Gasteiger partial charge in [0.25, 0.3) is 0 Å². The number of aliphatic hydroxyl groups excluding tert-OH is 1. The predicted octanol–water partition coefficient (Wildman–Crippen LogP) is 2.20. The zero-order chi connectivity index (χ0) is 12.3. The molecule has 0 saturated carbocycles. The number of nitrogens with one attached hydrogen (secondary N) is 1. The average Bonchev–Trinajstić information content (AvgIpc) is 2.17. The summed E-state index contributed by atoms with van der Waals surface area (Å²) in [5.74, 6) is 0. The van der Waals surface area contributed by atoms with Gasteiger partial charge in [0.05, 0.1) is 6.10 Å². The molecule has 1 heterocycles. The van der Waals surface area contributed by atoms with Gasteiger partial charge in [0.15, 0.2) is 0 Å². The van der Waals surface area contributed by atoms with Gasteiger partial charge in [-0.1, -0.05) is 0 Å². The van der Waals surface area contributed by atoms with E-state index in [0.29, 0.717) is 0 Å². The first-order chi connectivity index (χ1) is 7.34. The van der Waals surface area contributed by atoms with E-state index in [-0.39, 0.29) is 11.6 Å². The normalized spacial score (nSPS) is 15.9. The monoisotopic (exact) mass is 222 g/mol. The molecule has 0 aliphatic heterocycles. The number of hydrogen-bond acceptors (Lipinski definition) is 3. The SMILES string of the molecule is Cc1ccncc1C(C)NC(C)(C)C(C)O. The maximum absolute atomic E-state index is 9.67. The molecule has 1 aromatic rings. The van der Waals surface area contributed by atoms with Crippen LogP contribution in [0, 0.1) is 6.92 Å². The summed E-state index contributed by atoms with van der Waals surface area (Å²) >= 11 is 0. The van der Waals surface area contributed by atoms with Crippen LogP contribution in [0.4, 0.5) is 0 Å². The highest BCUT2D eigenvalue weighted by Gasteiger charge is 2.26. The molecule has 0 aliphatic rings. The number of pyridine rings is 1. The third-order valence-electron chi connectivity index (χ3n) is 3.18. The minimum atomic E-state index is -0.396. The van der Waals surface area contributed by atoms with Gasteiger partial charge in [-0.15, -0.1) is 0 Å². The molecule has 0 radical (unpaired) electrons. The Bertz CT molecular complexity index is 348. The Kier molecular flexibility index (Phi) is 4.05. The minimum Gasteiger partial charge on any atom is -0.392 e. The lowest BCUT2D eigenvalue weighted by atomic mass is 9.95. The van der Waals surface area contributed by atoms with Crippen LogP contribution in [-0.4, -0.2) is 21.7 Å². The summed E-state index contributed by atoms with van der Waals surface area (Å²) in [6, 6.07) is 2.18. The second-order valence-electron chi connectivity index (χ2n) is 5.00. The van der Waals surface area contributed by atoms with Gasteiger partial charge in [-0.25, -0.2) is 0 Å². The number of aryl methyl sites for hydroxylation is 1. The van der Waals surface area contributed by atoms with Crippen molar-refractivity contribution in [2.75, 3.05) is 0 Å². The lowest BCUT2D eigenvalue weighted by Gasteiger charge is -2.33. The molecular weight excluding hydrogens is 200 g/mol. The third kappa shape index (κ3) is 3.03. The zero-order valence-electron chi connectivity index (χ0n) is 10.8.